The highest BCUT2D eigenvalue weighted by atomic mass is 32.2. The summed E-state index contributed by atoms with van der Waals surface area (Å²) in [4.78, 5) is 57.8. The van der Waals surface area contributed by atoms with Crippen LogP contribution in [0.1, 0.15) is 115 Å². The maximum Gasteiger partial charge on any atom is 0.229 e. The topological polar surface area (TPSA) is 117 Å². The molecule has 4 amide bonds. The number of fused-ring (bicyclic) bond motifs is 1. The summed E-state index contributed by atoms with van der Waals surface area (Å²) in [5.41, 5.74) is 1.00. The molecule has 2 saturated carbocycles. The van der Waals surface area contributed by atoms with Gasteiger partial charge in [0.25, 0.3) is 0 Å². The number of aliphatic hydroxyl groups is 1. The third-order valence-corrected chi connectivity index (χ3v) is 12.4. The molecule has 49 heavy (non-hydrogen) atoms. The van der Waals surface area contributed by atoms with Crippen LogP contribution >= 0.6 is 12.0 Å². The highest BCUT2D eigenvalue weighted by Crippen LogP contribution is 2.48. The van der Waals surface area contributed by atoms with Gasteiger partial charge >= 0.3 is 0 Å². The van der Waals surface area contributed by atoms with Gasteiger partial charge in [0, 0.05) is 57.4 Å². The molecule has 270 valence electrons. The van der Waals surface area contributed by atoms with Crippen LogP contribution < -0.4 is 4.74 Å². The first-order valence-corrected chi connectivity index (χ1v) is 19.6. The molecule has 4 fully saturated rings. The molecule has 2 saturated heterocycles. The molecule has 0 aromatic heterocycles. The van der Waals surface area contributed by atoms with Crippen molar-refractivity contribution in [2.24, 2.45) is 10.8 Å². The molecule has 11 heteroatoms. The van der Waals surface area contributed by atoms with E-state index in [1.807, 2.05) is 12.1 Å². The number of hydrogen-bond acceptors (Lipinski definition) is 9. The van der Waals surface area contributed by atoms with Gasteiger partial charge < -0.3 is 18.9 Å². The number of aliphatic hydroxyl groups excluding tert-OH is 1. The minimum atomic E-state index is -0.714. The second-order valence-corrected chi connectivity index (χ2v) is 16.3. The Morgan fingerprint density at radius 3 is 1.84 bits per heavy atom. The standard InChI is InChI=1S/C38H55N3O7S/c42-30(28-48-49-31-13-9-11-29-12-10-22-47-36(29)31)27-39(18-5-7-20-40-32(43)23-37(24-33(40)44)14-1-2-15-37)19-6-8-21-41-34(45)25-38(26-35(41)46)16-3-4-17-38/h9,11,13,30,42H,1-8,10,12,14-28H2. The average Bonchev–Trinajstić information content (AvgIpc) is 3.72. The van der Waals surface area contributed by atoms with Gasteiger partial charge in [-0.3, -0.25) is 29.0 Å². The van der Waals surface area contributed by atoms with Crippen molar-refractivity contribution in [3.8, 4) is 5.75 Å². The molecule has 1 atom stereocenters. The van der Waals surface area contributed by atoms with E-state index in [2.05, 4.69) is 11.0 Å². The van der Waals surface area contributed by atoms with Crippen LogP contribution in [0.2, 0.25) is 0 Å². The Morgan fingerprint density at radius 2 is 1.31 bits per heavy atom. The van der Waals surface area contributed by atoms with Crippen LogP contribution in [0.4, 0.5) is 0 Å². The van der Waals surface area contributed by atoms with Crippen LogP contribution in [0.5, 0.6) is 5.75 Å². The molecular formula is C38H55N3O7S. The number of imide groups is 2. The van der Waals surface area contributed by atoms with E-state index in [9.17, 15) is 24.3 Å². The predicted molar refractivity (Wildman–Crippen MR) is 187 cm³/mol. The van der Waals surface area contributed by atoms with Gasteiger partial charge in [-0.1, -0.05) is 37.8 Å². The van der Waals surface area contributed by atoms with E-state index in [0.29, 0.717) is 77.9 Å². The van der Waals surface area contributed by atoms with Gasteiger partial charge in [-0.2, -0.15) is 0 Å². The minimum Gasteiger partial charge on any atom is -0.492 e. The second-order valence-electron chi connectivity index (χ2n) is 15.4. The Labute approximate surface area is 295 Å². The Bertz CT molecular complexity index is 1240. The molecule has 6 rings (SSSR count). The molecule has 1 unspecified atom stereocenters. The lowest BCUT2D eigenvalue weighted by atomic mass is 9.76. The van der Waals surface area contributed by atoms with Crippen LogP contribution in [0.15, 0.2) is 23.1 Å². The molecule has 5 aliphatic rings. The van der Waals surface area contributed by atoms with Gasteiger partial charge in [-0.05, 0) is 99.8 Å². The predicted octanol–water partition coefficient (Wildman–Crippen LogP) is 5.68. The molecule has 0 bridgehead atoms. The Hall–Kier alpha value is -2.47. The summed E-state index contributed by atoms with van der Waals surface area (Å²) in [6, 6.07) is 6.06. The van der Waals surface area contributed by atoms with Crippen molar-refractivity contribution >= 4 is 35.7 Å². The lowest BCUT2D eigenvalue weighted by Crippen LogP contribution is -2.47. The molecule has 10 nitrogen and oxygen atoms in total. The monoisotopic (exact) mass is 697 g/mol. The summed E-state index contributed by atoms with van der Waals surface area (Å²) >= 11 is 1.24. The Kier molecular flexibility index (Phi) is 12.4. The summed E-state index contributed by atoms with van der Waals surface area (Å²) in [5.74, 6) is 0.788. The molecule has 1 aromatic rings. The number of piperidine rings is 2. The zero-order chi connectivity index (χ0) is 34.3. The van der Waals surface area contributed by atoms with Gasteiger partial charge in [-0.15, -0.1) is 0 Å². The summed E-state index contributed by atoms with van der Waals surface area (Å²) in [6.45, 7) is 3.55. The number of carbonyl (C=O) groups excluding carboxylic acids is 4. The normalized spacial score (nSPS) is 22.4. The van der Waals surface area contributed by atoms with Crippen LogP contribution in [0.25, 0.3) is 0 Å². The Morgan fingerprint density at radius 1 is 0.776 bits per heavy atom. The molecular weight excluding hydrogens is 642 g/mol. The quantitative estimate of drug-likeness (QED) is 0.132. The number of para-hydroxylation sites is 1. The van der Waals surface area contributed by atoms with Gasteiger partial charge in [0.15, 0.2) is 0 Å². The smallest absolute Gasteiger partial charge is 0.229 e. The number of hydrogen-bond donors (Lipinski definition) is 1. The van der Waals surface area contributed by atoms with Crippen molar-refractivity contribution in [3.63, 3.8) is 0 Å². The number of nitrogens with zero attached hydrogens (tertiary/aromatic N) is 3. The fourth-order valence-electron chi connectivity index (χ4n) is 8.98. The number of likely N-dealkylation sites (tertiary alicyclic amines) is 2. The van der Waals surface area contributed by atoms with Gasteiger partial charge in [0.2, 0.25) is 23.6 Å². The number of rotatable bonds is 16. The molecule has 0 radical (unpaired) electrons. The largest absolute Gasteiger partial charge is 0.492 e. The number of amides is 4. The fourth-order valence-corrected chi connectivity index (χ4v) is 9.73. The summed E-state index contributed by atoms with van der Waals surface area (Å²) in [7, 11) is 0. The van der Waals surface area contributed by atoms with Crippen LogP contribution in [0.3, 0.4) is 0 Å². The van der Waals surface area contributed by atoms with Crippen molar-refractivity contribution in [1.82, 2.24) is 14.7 Å². The highest BCUT2D eigenvalue weighted by molar-refractivity contribution is 7.94. The van der Waals surface area contributed by atoms with Crippen molar-refractivity contribution in [3.05, 3.63) is 23.8 Å². The number of ether oxygens (including phenoxy) is 1. The van der Waals surface area contributed by atoms with E-state index in [1.165, 1.54) is 27.4 Å². The van der Waals surface area contributed by atoms with E-state index < -0.39 is 6.10 Å². The molecule has 3 aliphatic heterocycles. The van der Waals surface area contributed by atoms with Crippen molar-refractivity contribution in [2.45, 2.75) is 127 Å². The average molecular weight is 698 g/mol. The summed E-state index contributed by atoms with van der Waals surface area (Å²) in [5, 5.41) is 11.0. The highest BCUT2D eigenvalue weighted by Gasteiger charge is 2.46. The van der Waals surface area contributed by atoms with Crippen LogP contribution in [-0.4, -0.2) is 95.5 Å². The maximum atomic E-state index is 12.9. The summed E-state index contributed by atoms with van der Waals surface area (Å²) < 4.78 is 11.8. The first-order chi connectivity index (χ1) is 23.7. The maximum absolute atomic E-state index is 12.9. The van der Waals surface area contributed by atoms with E-state index in [4.69, 9.17) is 8.92 Å². The first kappa shape index (κ1) is 36.3. The second kappa shape index (κ2) is 16.7. The minimum absolute atomic E-state index is 0.0224. The number of benzene rings is 1. The third kappa shape index (κ3) is 9.26. The fraction of sp³-hybridized carbons (Fsp3) is 0.737. The van der Waals surface area contributed by atoms with E-state index in [0.717, 1.165) is 87.7 Å². The molecule has 3 heterocycles. The van der Waals surface area contributed by atoms with Gasteiger partial charge in [0.05, 0.1) is 24.2 Å². The Balaban J connectivity index is 0.969. The molecule has 1 N–H and O–H groups in total. The lowest BCUT2D eigenvalue weighted by molar-refractivity contribution is -0.155. The van der Waals surface area contributed by atoms with E-state index in [-0.39, 0.29) is 41.1 Å². The van der Waals surface area contributed by atoms with E-state index >= 15 is 0 Å². The summed E-state index contributed by atoms with van der Waals surface area (Å²) in [6.07, 6.45) is 14.6. The molecule has 2 spiro atoms. The van der Waals surface area contributed by atoms with Crippen LogP contribution in [0, 0.1) is 10.8 Å². The zero-order valence-electron chi connectivity index (χ0n) is 29.1. The third-order valence-electron chi connectivity index (χ3n) is 11.6. The number of aryl methyl sites for hydroxylation is 1. The van der Waals surface area contributed by atoms with Crippen molar-refractivity contribution in [1.29, 1.82) is 0 Å². The van der Waals surface area contributed by atoms with Gasteiger partial charge in [0.1, 0.15) is 5.75 Å². The number of unbranched alkanes of at least 4 members (excludes halogenated alkanes) is 2. The van der Waals surface area contributed by atoms with Gasteiger partial charge in [-0.25, -0.2) is 0 Å². The molecule has 1 aromatic carbocycles. The molecule has 2 aliphatic carbocycles. The van der Waals surface area contributed by atoms with E-state index in [1.54, 1.807) is 0 Å². The number of carbonyl (C=O) groups is 4. The van der Waals surface area contributed by atoms with Crippen LogP contribution in [-0.2, 0) is 29.8 Å². The SMILES string of the molecule is O=C1CC2(CCCC2)CC(=O)N1CCCCN(CCCCN1C(=O)CC2(CCCC2)CC1=O)CC(O)COSc1cccc2c1OCCC2. The van der Waals surface area contributed by atoms with Crippen molar-refractivity contribution in [2.75, 3.05) is 45.9 Å². The lowest BCUT2D eigenvalue weighted by Gasteiger charge is -2.37. The first-order valence-electron chi connectivity index (χ1n) is 18.9. The van der Waals surface area contributed by atoms with Crippen molar-refractivity contribution < 1.29 is 33.2 Å². The zero-order valence-corrected chi connectivity index (χ0v) is 30.0.